The summed E-state index contributed by atoms with van der Waals surface area (Å²) in [7, 11) is 0. The van der Waals surface area contributed by atoms with E-state index in [0.29, 0.717) is 22.9 Å². The van der Waals surface area contributed by atoms with E-state index in [1.807, 2.05) is 0 Å². The molecule has 7 nitrogen and oxygen atoms in total. The molecular formula is C18H16N2O5. The predicted molar refractivity (Wildman–Crippen MR) is 89.8 cm³/mol. The summed E-state index contributed by atoms with van der Waals surface area (Å²) < 4.78 is 10.6. The first-order valence-electron chi connectivity index (χ1n) is 7.91. The normalized spacial score (nSPS) is 18.5. The van der Waals surface area contributed by atoms with Gasteiger partial charge in [-0.15, -0.1) is 0 Å². The first-order valence-corrected chi connectivity index (χ1v) is 7.91. The number of aromatic hydroxyl groups is 1. The fraction of sp³-hybridized carbons (Fsp3) is 0.222. The molecular weight excluding hydrogens is 324 g/mol. The Morgan fingerprint density at radius 2 is 1.96 bits per heavy atom. The SMILES string of the molecule is O=C(Nc1ccccc1O)[C@H]1CC(=O)N(c2ccc3c(c2)OCO3)C1. The fourth-order valence-electron chi connectivity index (χ4n) is 3.00. The third kappa shape index (κ3) is 2.84. The molecule has 0 saturated carbocycles. The van der Waals surface area contributed by atoms with E-state index in [0.717, 1.165) is 0 Å². The van der Waals surface area contributed by atoms with Crippen molar-refractivity contribution in [3.63, 3.8) is 0 Å². The smallest absolute Gasteiger partial charge is 0.231 e. The second kappa shape index (κ2) is 6.01. The van der Waals surface area contributed by atoms with Crippen LogP contribution in [0.3, 0.4) is 0 Å². The summed E-state index contributed by atoms with van der Waals surface area (Å²) in [5.74, 6) is 0.316. The summed E-state index contributed by atoms with van der Waals surface area (Å²) in [5.41, 5.74) is 1.01. The molecule has 1 saturated heterocycles. The van der Waals surface area contributed by atoms with Crippen molar-refractivity contribution in [2.24, 2.45) is 5.92 Å². The third-order valence-electron chi connectivity index (χ3n) is 4.33. The molecule has 0 aliphatic carbocycles. The van der Waals surface area contributed by atoms with Gasteiger partial charge in [-0.3, -0.25) is 9.59 Å². The Labute approximate surface area is 143 Å². The van der Waals surface area contributed by atoms with Crippen LogP contribution in [-0.4, -0.2) is 30.3 Å². The summed E-state index contributed by atoms with van der Waals surface area (Å²) in [6.45, 7) is 0.441. The Bertz CT molecular complexity index is 851. The molecule has 0 spiro atoms. The highest BCUT2D eigenvalue weighted by atomic mass is 16.7. The summed E-state index contributed by atoms with van der Waals surface area (Å²) in [5, 5.41) is 12.4. The van der Waals surface area contributed by atoms with Crippen LogP contribution in [0.5, 0.6) is 17.2 Å². The van der Waals surface area contributed by atoms with Gasteiger partial charge < -0.3 is 24.8 Å². The number of hydrogen-bond donors (Lipinski definition) is 2. The van der Waals surface area contributed by atoms with Crippen LogP contribution in [0.15, 0.2) is 42.5 Å². The number of hydrogen-bond acceptors (Lipinski definition) is 5. The number of rotatable bonds is 3. The van der Waals surface area contributed by atoms with E-state index in [1.165, 1.54) is 6.07 Å². The maximum atomic E-state index is 12.4. The van der Waals surface area contributed by atoms with Gasteiger partial charge in [0.15, 0.2) is 11.5 Å². The molecule has 0 radical (unpaired) electrons. The van der Waals surface area contributed by atoms with Crippen LogP contribution in [0.4, 0.5) is 11.4 Å². The van der Waals surface area contributed by atoms with E-state index in [9.17, 15) is 14.7 Å². The van der Waals surface area contributed by atoms with Gasteiger partial charge in [0.25, 0.3) is 0 Å². The molecule has 0 bridgehead atoms. The van der Waals surface area contributed by atoms with E-state index in [2.05, 4.69) is 5.32 Å². The third-order valence-corrected chi connectivity index (χ3v) is 4.33. The summed E-state index contributed by atoms with van der Waals surface area (Å²) in [6, 6.07) is 11.8. The molecule has 2 aliphatic rings. The molecule has 25 heavy (non-hydrogen) atoms. The Morgan fingerprint density at radius 1 is 1.16 bits per heavy atom. The maximum Gasteiger partial charge on any atom is 0.231 e. The molecule has 0 unspecified atom stereocenters. The van der Waals surface area contributed by atoms with Crippen LogP contribution in [-0.2, 0) is 9.59 Å². The lowest BCUT2D eigenvalue weighted by Crippen LogP contribution is -2.28. The summed E-state index contributed by atoms with van der Waals surface area (Å²) in [6.07, 6.45) is 0.119. The van der Waals surface area contributed by atoms with E-state index >= 15 is 0 Å². The lowest BCUT2D eigenvalue weighted by Gasteiger charge is -2.17. The van der Waals surface area contributed by atoms with E-state index in [1.54, 1.807) is 41.3 Å². The van der Waals surface area contributed by atoms with Crippen LogP contribution in [0.1, 0.15) is 6.42 Å². The van der Waals surface area contributed by atoms with Gasteiger partial charge in [0, 0.05) is 24.7 Å². The van der Waals surface area contributed by atoms with Crippen molar-refractivity contribution in [1.29, 1.82) is 0 Å². The van der Waals surface area contributed by atoms with E-state index in [-0.39, 0.29) is 37.3 Å². The van der Waals surface area contributed by atoms with Gasteiger partial charge in [-0.2, -0.15) is 0 Å². The lowest BCUT2D eigenvalue weighted by atomic mass is 10.1. The molecule has 7 heteroatoms. The number of ether oxygens (including phenoxy) is 2. The van der Waals surface area contributed by atoms with Crippen molar-refractivity contribution in [2.75, 3.05) is 23.6 Å². The Morgan fingerprint density at radius 3 is 2.80 bits per heavy atom. The van der Waals surface area contributed by atoms with Gasteiger partial charge in [-0.05, 0) is 24.3 Å². The van der Waals surface area contributed by atoms with Gasteiger partial charge in [-0.25, -0.2) is 0 Å². The zero-order chi connectivity index (χ0) is 17.4. The Hall–Kier alpha value is -3.22. The second-order valence-electron chi connectivity index (χ2n) is 5.95. The monoisotopic (exact) mass is 340 g/mol. The Kier molecular flexibility index (Phi) is 3.68. The minimum absolute atomic E-state index is 0.00667. The zero-order valence-corrected chi connectivity index (χ0v) is 13.3. The highest BCUT2D eigenvalue weighted by Gasteiger charge is 2.36. The number of nitrogens with zero attached hydrogens (tertiary/aromatic N) is 1. The zero-order valence-electron chi connectivity index (χ0n) is 13.3. The summed E-state index contributed by atoms with van der Waals surface area (Å²) >= 11 is 0. The molecule has 1 atom stereocenters. The van der Waals surface area contributed by atoms with Crippen molar-refractivity contribution < 1.29 is 24.2 Å². The second-order valence-corrected chi connectivity index (χ2v) is 5.95. The number of carbonyl (C=O) groups is 2. The molecule has 128 valence electrons. The number of carbonyl (C=O) groups excluding carboxylic acids is 2. The number of anilines is 2. The fourth-order valence-corrected chi connectivity index (χ4v) is 3.00. The van der Waals surface area contributed by atoms with Gasteiger partial charge in [-0.1, -0.05) is 12.1 Å². The molecule has 4 rings (SSSR count). The summed E-state index contributed by atoms with van der Waals surface area (Å²) in [4.78, 5) is 26.3. The first-order chi connectivity index (χ1) is 12.1. The van der Waals surface area contributed by atoms with Gasteiger partial charge in [0.2, 0.25) is 18.6 Å². The van der Waals surface area contributed by atoms with Crippen LogP contribution in [0.2, 0.25) is 0 Å². The molecule has 2 aromatic carbocycles. The number of phenolic OH excluding ortho intramolecular Hbond substituents is 1. The molecule has 2 N–H and O–H groups in total. The first kappa shape index (κ1) is 15.3. The predicted octanol–water partition coefficient (Wildman–Crippen LogP) is 2.11. The standard InChI is InChI=1S/C18H16N2O5/c21-14-4-2-1-3-13(14)19-18(23)11-7-17(22)20(9-11)12-5-6-15-16(8-12)25-10-24-15/h1-6,8,11,21H,7,9-10H2,(H,19,23)/t11-/m0/s1. The van der Waals surface area contributed by atoms with Crippen LogP contribution >= 0.6 is 0 Å². The van der Waals surface area contributed by atoms with Gasteiger partial charge in [0.1, 0.15) is 5.75 Å². The number of fused-ring (bicyclic) bond motifs is 1. The minimum Gasteiger partial charge on any atom is -0.506 e. The highest BCUT2D eigenvalue weighted by Crippen LogP contribution is 2.37. The molecule has 2 heterocycles. The van der Waals surface area contributed by atoms with Crippen molar-refractivity contribution in [3.05, 3.63) is 42.5 Å². The molecule has 1 fully saturated rings. The minimum atomic E-state index is -0.488. The van der Waals surface area contributed by atoms with Crippen LogP contribution in [0, 0.1) is 5.92 Å². The van der Waals surface area contributed by atoms with Crippen molar-refractivity contribution >= 4 is 23.2 Å². The maximum absolute atomic E-state index is 12.4. The number of benzene rings is 2. The number of phenols is 1. The van der Waals surface area contributed by atoms with Gasteiger partial charge >= 0.3 is 0 Å². The van der Waals surface area contributed by atoms with Crippen LogP contribution < -0.4 is 19.7 Å². The average molecular weight is 340 g/mol. The quantitative estimate of drug-likeness (QED) is 0.836. The van der Waals surface area contributed by atoms with Crippen molar-refractivity contribution in [3.8, 4) is 17.2 Å². The largest absolute Gasteiger partial charge is 0.506 e. The van der Waals surface area contributed by atoms with Crippen LogP contribution in [0.25, 0.3) is 0 Å². The average Bonchev–Trinajstić information content (AvgIpc) is 3.22. The van der Waals surface area contributed by atoms with Crippen molar-refractivity contribution in [2.45, 2.75) is 6.42 Å². The molecule has 0 aromatic heterocycles. The Balaban J connectivity index is 1.48. The van der Waals surface area contributed by atoms with E-state index < -0.39 is 5.92 Å². The molecule has 2 amide bonds. The molecule has 2 aliphatic heterocycles. The highest BCUT2D eigenvalue weighted by molar-refractivity contribution is 6.04. The number of amides is 2. The number of nitrogens with one attached hydrogen (secondary N) is 1. The number of para-hydroxylation sites is 2. The van der Waals surface area contributed by atoms with E-state index in [4.69, 9.17) is 9.47 Å². The lowest BCUT2D eigenvalue weighted by molar-refractivity contribution is -0.122. The van der Waals surface area contributed by atoms with Crippen molar-refractivity contribution in [1.82, 2.24) is 0 Å². The molecule has 2 aromatic rings. The van der Waals surface area contributed by atoms with Gasteiger partial charge in [0.05, 0.1) is 11.6 Å². The topological polar surface area (TPSA) is 88.1 Å².